The summed E-state index contributed by atoms with van der Waals surface area (Å²) in [6.45, 7) is 5.73. The Morgan fingerprint density at radius 3 is 2.40 bits per heavy atom. The summed E-state index contributed by atoms with van der Waals surface area (Å²) in [5.41, 5.74) is 2.80. The molecule has 0 radical (unpaired) electrons. The van der Waals surface area contributed by atoms with E-state index in [1.165, 1.54) is 12.1 Å². The molecule has 3 rings (SSSR count). The normalized spacial score (nSPS) is 12.4. The lowest BCUT2D eigenvalue weighted by molar-refractivity contribution is 0.0935. The quantitative estimate of drug-likeness (QED) is 0.615. The Morgan fingerprint density at radius 1 is 1.13 bits per heavy atom. The number of ether oxygens (including phenoxy) is 1. The summed E-state index contributed by atoms with van der Waals surface area (Å²) in [6.07, 6.45) is 1.16. The first kappa shape index (κ1) is 21.6. The number of amides is 1. The molecule has 1 N–H and O–H groups in total. The molecule has 1 atom stereocenters. The Bertz CT molecular complexity index is 1130. The van der Waals surface area contributed by atoms with Gasteiger partial charge in [-0.3, -0.25) is 4.79 Å². The summed E-state index contributed by atoms with van der Waals surface area (Å²) in [7, 11) is -3.26. The summed E-state index contributed by atoms with van der Waals surface area (Å²) in [6, 6.07) is 13.1. The Kier molecular flexibility index (Phi) is 6.26. The lowest BCUT2D eigenvalue weighted by Gasteiger charge is -2.17. The van der Waals surface area contributed by atoms with Crippen LogP contribution in [-0.4, -0.2) is 25.7 Å². The van der Waals surface area contributed by atoms with E-state index in [2.05, 4.69) is 10.5 Å². The summed E-state index contributed by atoms with van der Waals surface area (Å²) >= 11 is 0. The molecule has 7 nitrogen and oxygen atoms in total. The van der Waals surface area contributed by atoms with Crippen molar-refractivity contribution in [2.75, 3.05) is 6.26 Å². The molecule has 158 valence electrons. The minimum absolute atomic E-state index is 0.239. The van der Waals surface area contributed by atoms with Crippen molar-refractivity contribution in [3.05, 3.63) is 76.7 Å². The van der Waals surface area contributed by atoms with Crippen molar-refractivity contribution in [3.63, 3.8) is 0 Å². The van der Waals surface area contributed by atoms with Gasteiger partial charge in [0.2, 0.25) is 0 Å². The lowest BCUT2D eigenvalue weighted by Crippen LogP contribution is -2.27. The average Bonchev–Trinajstić information content (AvgIpc) is 3.03. The molecule has 8 heteroatoms. The van der Waals surface area contributed by atoms with E-state index in [9.17, 15) is 13.2 Å². The predicted molar refractivity (Wildman–Crippen MR) is 112 cm³/mol. The van der Waals surface area contributed by atoms with Gasteiger partial charge in [-0.1, -0.05) is 29.4 Å². The van der Waals surface area contributed by atoms with E-state index in [1.807, 2.05) is 20.8 Å². The van der Waals surface area contributed by atoms with E-state index in [1.54, 1.807) is 36.4 Å². The first-order valence-corrected chi connectivity index (χ1v) is 11.3. The second-order valence-electron chi connectivity index (χ2n) is 7.12. The number of carbonyl (C=O) groups excluding carboxylic acids is 1. The van der Waals surface area contributed by atoms with E-state index in [4.69, 9.17) is 9.26 Å². The molecule has 0 fully saturated rings. The first-order chi connectivity index (χ1) is 14.2. The third kappa shape index (κ3) is 4.88. The van der Waals surface area contributed by atoms with Gasteiger partial charge in [0.1, 0.15) is 18.1 Å². The van der Waals surface area contributed by atoms with Crippen LogP contribution >= 0.6 is 0 Å². The van der Waals surface area contributed by atoms with Crippen LogP contribution in [-0.2, 0) is 16.4 Å². The highest BCUT2D eigenvalue weighted by molar-refractivity contribution is 7.90. The SMILES string of the molecule is Cc1noc(C)c1COc1ccccc1C(=O)N[C@H](C)c1ccc(S(C)(=O)=O)cc1. The zero-order chi connectivity index (χ0) is 21.9. The van der Waals surface area contributed by atoms with Crippen LogP contribution in [0.2, 0.25) is 0 Å². The van der Waals surface area contributed by atoms with E-state index in [0.29, 0.717) is 17.1 Å². The van der Waals surface area contributed by atoms with Crippen molar-refractivity contribution < 1.29 is 22.5 Å². The van der Waals surface area contributed by atoms with Crippen LogP contribution in [0.3, 0.4) is 0 Å². The number of nitrogens with zero attached hydrogens (tertiary/aromatic N) is 1. The van der Waals surface area contributed by atoms with Crippen LogP contribution in [0.5, 0.6) is 5.75 Å². The summed E-state index contributed by atoms with van der Waals surface area (Å²) in [4.78, 5) is 13.1. The Hall–Kier alpha value is -3.13. The summed E-state index contributed by atoms with van der Waals surface area (Å²) in [5.74, 6) is 0.847. The molecule has 30 heavy (non-hydrogen) atoms. The minimum Gasteiger partial charge on any atom is -0.488 e. The molecule has 1 aromatic heterocycles. The number of benzene rings is 2. The number of hydrogen-bond acceptors (Lipinski definition) is 6. The average molecular weight is 429 g/mol. The number of hydrogen-bond donors (Lipinski definition) is 1. The van der Waals surface area contributed by atoms with E-state index in [0.717, 1.165) is 23.1 Å². The molecule has 3 aromatic rings. The number of aromatic nitrogens is 1. The molecule has 0 spiro atoms. The molecular formula is C22H24N2O5S. The van der Waals surface area contributed by atoms with Crippen LogP contribution in [0.25, 0.3) is 0 Å². The van der Waals surface area contributed by atoms with Crippen molar-refractivity contribution in [1.82, 2.24) is 10.5 Å². The maximum absolute atomic E-state index is 12.9. The Balaban J connectivity index is 1.72. The second-order valence-corrected chi connectivity index (χ2v) is 9.14. The molecule has 0 aliphatic rings. The predicted octanol–water partition coefficient (Wildman–Crippen LogP) is 3.76. The number of carbonyl (C=O) groups is 1. The van der Waals surface area contributed by atoms with E-state index < -0.39 is 9.84 Å². The fourth-order valence-electron chi connectivity index (χ4n) is 3.00. The summed E-state index contributed by atoms with van der Waals surface area (Å²) in [5, 5.41) is 6.84. The maximum Gasteiger partial charge on any atom is 0.255 e. The smallest absolute Gasteiger partial charge is 0.255 e. The van der Waals surface area contributed by atoms with Gasteiger partial charge in [0.25, 0.3) is 5.91 Å². The number of para-hydroxylation sites is 1. The van der Waals surface area contributed by atoms with Crippen LogP contribution in [0.15, 0.2) is 57.9 Å². The van der Waals surface area contributed by atoms with Gasteiger partial charge in [-0.15, -0.1) is 0 Å². The van der Waals surface area contributed by atoms with Gasteiger partial charge in [-0.2, -0.15) is 0 Å². The van der Waals surface area contributed by atoms with Gasteiger partial charge in [-0.05, 0) is 50.6 Å². The van der Waals surface area contributed by atoms with E-state index >= 15 is 0 Å². The Labute approximate surface area is 176 Å². The molecule has 0 unspecified atom stereocenters. The number of aryl methyl sites for hydroxylation is 2. The van der Waals surface area contributed by atoms with Crippen molar-refractivity contribution in [2.24, 2.45) is 0 Å². The lowest BCUT2D eigenvalue weighted by atomic mass is 10.1. The van der Waals surface area contributed by atoms with Crippen LogP contribution in [0, 0.1) is 13.8 Å². The molecule has 2 aromatic carbocycles. The van der Waals surface area contributed by atoms with Gasteiger partial charge in [0, 0.05) is 6.26 Å². The van der Waals surface area contributed by atoms with Crippen molar-refractivity contribution in [3.8, 4) is 5.75 Å². The monoisotopic (exact) mass is 428 g/mol. The molecule has 0 bridgehead atoms. The fraction of sp³-hybridized carbons (Fsp3) is 0.273. The van der Waals surface area contributed by atoms with Gasteiger partial charge in [0.05, 0.1) is 27.8 Å². The molecule has 0 saturated heterocycles. The zero-order valence-corrected chi connectivity index (χ0v) is 18.1. The van der Waals surface area contributed by atoms with Crippen molar-refractivity contribution in [2.45, 2.75) is 38.3 Å². The second kappa shape index (κ2) is 8.71. The van der Waals surface area contributed by atoms with Gasteiger partial charge < -0.3 is 14.6 Å². The zero-order valence-electron chi connectivity index (χ0n) is 17.3. The van der Waals surface area contributed by atoms with Gasteiger partial charge >= 0.3 is 0 Å². The fourth-order valence-corrected chi connectivity index (χ4v) is 3.63. The van der Waals surface area contributed by atoms with Crippen LogP contribution in [0.4, 0.5) is 0 Å². The van der Waals surface area contributed by atoms with Crippen LogP contribution < -0.4 is 10.1 Å². The van der Waals surface area contributed by atoms with E-state index in [-0.39, 0.29) is 23.5 Å². The molecular weight excluding hydrogens is 404 g/mol. The third-order valence-corrected chi connectivity index (χ3v) is 5.97. The third-order valence-electron chi connectivity index (χ3n) is 4.84. The molecule has 1 amide bonds. The standard InChI is InChI=1S/C22H24N2O5S/c1-14(17-9-11-18(12-10-17)30(4,26)27)23-22(25)19-7-5-6-8-21(19)28-13-20-15(2)24-29-16(20)3/h5-12,14H,13H2,1-4H3,(H,23,25)/t14-/m1/s1. The number of nitrogens with one attached hydrogen (secondary N) is 1. The summed E-state index contributed by atoms with van der Waals surface area (Å²) < 4.78 is 34.2. The largest absolute Gasteiger partial charge is 0.488 e. The molecule has 0 saturated carbocycles. The van der Waals surface area contributed by atoms with Crippen LogP contribution in [0.1, 0.15) is 45.9 Å². The highest BCUT2D eigenvalue weighted by Gasteiger charge is 2.17. The van der Waals surface area contributed by atoms with Gasteiger partial charge in [-0.25, -0.2) is 8.42 Å². The number of sulfone groups is 1. The van der Waals surface area contributed by atoms with Crippen molar-refractivity contribution >= 4 is 15.7 Å². The van der Waals surface area contributed by atoms with Crippen molar-refractivity contribution in [1.29, 1.82) is 0 Å². The molecule has 0 aliphatic heterocycles. The highest BCUT2D eigenvalue weighted by atomic mass is 32.2. The topological polar surface area (TPSA) is 98.5 Å². The van der Waals surface area contributed by atoms with Gasteiger partial charge in [0.15, 0.2) is 9.84 Å². The number of rotatable bonds is 7. The highest BCUT2D eigenvalue weighted by Crippen LogP contribution is 2.23. The molecule has 1 heterocycles. The Morgan fingerprint density at radius 2 is 1.80 bits per heavy atom. The minimum atomic E-state index is -3.26. The maximum atomic E-state index is 12.9. The first-order valence-electron chi connectivity index (χ1n) is 9.41. The molecule has 0 aliphatic carbocycles.